The van der Waals surface area contributed by atoms with Crippen LogP contribution in [0.2, 0.25) is 0 Å². The van der Waals surface area contributed by atoms with Crippen molar-refractivity contribution in [3.63, 3.8) is 0 Å². The van der Waals surface area contributed by atoms with E-state index < -0.39 is 12.0 Å². The summed E-state index contributed by atoms with van der Waals surface area (Å²) in [6.07, 6.45) is 2.16. The first-order valence-electron chi connectivity index (χ1n) is 4.72. The van der Waals surface area contributed by atoms with E-state index >= 15 is 0 Å². The Morgan fingerprint density at radius 2 is 2.12 bits per heavy atom. The van der Waals surface area contributed by atoms with Crippen molar-refractivity contribution in [1.82, 2.24) is 4.98 Å². The summed E-state index contributed by atoms with van der Waals surface area (Å²) in [5.41, 5.74) is 7.43. The number of hydrogen-bond donors (Lipinski definition) is 3. The van der Waals surface area contributed by atoms with E-state index in [0.717, 1.165) is 16.5 Å². The first kappa shape index (κ1) is 12.2. The number of fused-ring (bicyclic) bond motifs is 1. The van der Waals surface area contributed by atoms with Gasteiger partial charge in [0.25, 0.3) is 0 Å². The molecule has 86 valence electrons. The van der Waals surface area contributed by atoms with E-state index in [-0.39, 0.29) is 4.70 Å². The van der Waals surface area contributed by atoms with Gasteiger partial charge in [0, 0.05) is 23.5 Å². The topological polar surface area (TPSA) is 79.1 Å². The number of carboxylic acids is 1. The molecular formula is C11H13FN2O2. The highest BCUT2D eigenvalue weighted by Gasteiger charge is 2.14. The van der Waals surface area contributed by atoms with E-state index in [1.165, 1.54) is 0 Å². The number of benzene rings is 1. The molecule has 2 rings (SSSR count). The van der Waals surface area contributed by atoms with Crippen molar-refractivity contribution in [1.29, 1.82) is 0 Å². The average Bonchev–Trinajstić information content (AvgIpc) is 2.62. The van der Waals surface area contributed by atoms with Crippen LogP contribution < -0.4 is 5.73 Å². The fraction of sp³-hybridized carbons (Fsp3) is 0.182. The lowest BCUT2D eigenvalue weighted by molar-refractivity contribution is -0.138. The quantitative estimate of drug-likeness (QED) is 0.734. The van der Waals surface area contributed by atoms with Gasteiger partial charge in [-0.25, -0.2) is 0 Å². The van der Waals surface area contributed by atoms with Crippen molar-refractivity contribution in [2.75, 3.05) is 0 Å². The summed E-state index contributed by atoms with van der Waals surface area (Å²) in [6, 6.07) is 6.91. The number of rotatable bonds is 3. The summed E-state index contributed by atoms with van der Waals surface area (Å²) in [4.78, 5) is 13.7. The Labute approximate surface area is 91.4 Å². The molecule has 1 heterocycles. The van der Waals surface area contributed by atoms with Gasteiger partial charge in [-0.05, 0) is 11.6 Å². The molecule has 1 atom stereocenters. The number of halogens is 1. The van der Waals surface area contributed by atoms with Crippen LogP contribution >= 0.6 is 0 Å². The zero-order valence-electron chi connectivity index (χ0n) is 8.51. The summed E-state index contributed by atoms with van der Waals surface area (Å²) < 4.78 is 0. The van der Waals surface area contributed by atoms with Crippen LogP contribution in [0.1, 0.15) is 5.56 Å². The number of carbonyl (C=O) groups is 1. The molecule has 16 heavy (non-hydrogen) atoms. The minimum Gasteiger partial charge on any atom is -0.480 e. The molecule has 4 N–H and O–H groups in total. The van der Waals surface area contributed by atoms with E-state index in [2.05, 4.69) is 4.98 Å². The van der Waals surface area contributed by atoms with E-state index in [0.29, 0.717) is 6.42 Å². The predicted molar refractivity (Wildman–Crippen MR) is 60.1 cm³/mol. The van der Waals surface area contributed by atoms with Crippen LogP contribution in [0.15, 0.2) is 30.5 Å². The number of nitrogens with one attached hydrogen (secondary N) is 1. The van der Waals surface area contributed by atoms with Crippen LogP contribution in [-0.2, 0) is 11.2 Å². The second-order valence-electron chi connectivity index (χ2n) is 3.51. The molecule has 5 heteroatoms. The maximum absolute atomic E-state index is 10.6. The molecule has 0 spiro atoms. The maximum atomic E-state index is 10.6. The molecule has 0 saturated carbocycles. The second kappa shape index (κ2) is 4.76. The van der Waals surface area contributed by atoms with Crippen molar-refractivity contribution in [3.8, 4) is 0 Å². The highest BCUT2D eigenvalue weighted by Crippen LogP contribution is 2.18. The molecule has 1 aromatic carbocycles. The molecule has 0 fully saturated rings. The van der Waals surface area contributed by atoms with E-state index in [4.69, 9.17) is 10.8 Å². The lowest BCUT2D eigenvalue weighted by atomic mass is 10.1. The molecule has 2 aromatic rings. The molecule has 0 saturated heterocycles. The number of aromatic amines is 1. The molecule has 4 nitrogen and oxygen atoms in total. The van der Waals surface area contributed by atoms with Gasteiger partial charge in [0.1, 0.15) is 6.04 Å². The first-order chi connectivity index (χ1) is 7.18. The molecule has 0 bridgehead atoms. The van der Waals surface area contributed by atoms with Crippen LogP contribution in [0, 0.1) is 0 Å². The lowest BCUT2D eigenvalue weighted by Crippen LogP contribution is -2.32. The van der Waals surface area contributed by atoms with Crippen LogP contribution in [0.25, 0.3) is 10.9 Å². The third kappa shape index (κ3) is 2.20. The van der Waals surface area contributed by atoms with E-state index in [1.807, 2.05) is 30.5 Å². The van der Waals surface area contributed by atoms with Gasteiger partial charge in [0.05, 0.1) is 0 Å². The minimum absolute atomic E-state index is 0. The normalized spacial score (nSPS) is 12.1. The number of para-hydroxylation sites is 1. The number of carboxylic acid groups (broad SMARTS) is 1. The highest BCUT2D eigenvalue weighted by molar-refractivity contribution is 5.84. The number of aliphatic carboxylic acids is 1. The lowest BCUT2D eigenvalue weighted by Gasteiger charge is -2.04. The van der Waals surface area contributed by atoms with E-state index in [9.17, 15) is 4.79 Å². The van der Waals surface area contributed by atoms with Gasteiger partial charge < -0.3 is 15.8 Å². The van der Waals surface area contributed by atoms with Gasteiger partial charge in [-0.2, -0.15) is 0 Å². The van der Waals surface area contributed by atoms with Gasteiger partial charge >= 0.3 is 5.97 Å². The number of H-pyrrole nitrogens is 1. The second-order valence-corrected chi connectivity index (χ2v) is 3.51. The van der Waals surface area contributed by atoms with Gasteiger partial charge in [-0.1, -0.05) is 18.2 Å². The summed E-state index contributed by atoms with van der Waals surface area (Å²) >= 11 is 0. The van der Waals surface area contributed by atoms with Gasteiger partial charge in [-0.3, -0.25) is 9.50 Å². The summed E-state index contributed by atoms with van der Waals surface area (Å²) in [6.45, 7) is 0. The van der Waals surface area contributed by atoms with Crippen molar-refractivity contribution >= 4 is 16.9 Å². The van der Waals surface area contributed by atoms with Crippen LogP contribution in [-0.4, -0.2) is 22.1 Å². The van der Waals surface area contributed by atoms with Crippen LogP contribution in [0.4, 0.5) is 4.70 Å². The Morgan fingerprint density at radius 1 is 1.44 bits per heavy atom. The predicted octanol–water partition coefficient (Wildman–Crippen LogP) is 1.27. The Bertz CT molecular complexity index is 495. The minimum atomic E-state index is -0.972. The molecular weight excluding hydrogens is 211 g/mol. The smallest absolute Gasteiger partial charge is 0.320 e. The third-order valence-corrected chi connectivity index (χ3v) is 2.43. The molecule has 0 unspecified atom stereocenters. The average molecular weight is 224 g/mol. The van der Waals surface area contributed by atoms with Crippen molar-refractivity contribution < 1.29 is 14.6 Å². The zero-order valence-corrected chi connectivity index (χ0v) is 8.51. The Balaban J connectivity index is 0.00000128. The molecule has 0 amide bonds. The molecule has 0 aliphatic rings. The fourth-order valence-corrected chi connectivity index (χ4v) is 1.62. The number of nitrogens with two attached hydrogens (primary N) is 1. The molecule has 0 aliphatic heterocycles. The highest BCUT2D eigenvalue weighted by atomic mass is 19.0. The first-order valence-corrected chi connectivity index (χ1v) is 4.72. The Kier molecular flexibility index (Phi) is 3.63. The van der Waals surface area contributed by atoms with Crippen molar-refractivity contribution in [3.05, 3.63) is 36.0 Å². The Hall–Kier alpha value is -1.88. The third-order valence-electron chi connectivity index (χ3n) is 2.43. The zero-order chi connectivity index (χ0) is 10.8. The monoisotopic (exact) mass is 224 g/mol. The summed E-state index contributed by atoms with van der Waals surface area (Å²) in [7, 11) is 0. The number of hydrogen-bond acceptors (Lipinski definition) is 2. The van der Waals surface area contributed by atoms with Gasteiger partial charge in [-0.15, -0.1) is 0 Å². The molecule has 1 aromatic heterocycles. The number of aromatic nitrogens is 1. The maximum Gasteiger partial charge on any atom is 0.320 e. The van der Waals surface area contributed by atoms with Crippen molar-refractivity contribution in [2.45, 2.75) is 12.5 Å². The summed E-state index contributed by atoms with van der Waals surface area (Å²) in [5.74, 6) is -0.972. The van der Waals surface area contributed by atoms with Crippen LogP contribution in [0.5, 0.6) is 0 Å². The molecule has 0 radical (unpaired) electrons. The standard InChI is InChI=1S/C11H12N2O2.FH/c12-9(11(14)15)5-7-6-13-10-4-2-1-3-8(7)10;/h1-4,6,9,13H,5,12H2,(H,14,15);1H/t9-;/m0./s1. The molecule has 0 aliphatic carbocycles. The van der Waals surface area contributed by atoms with Crippen molar-refractivity contribution in [2.24, 2.45) is 5.73 Å². The Morgan fingerprint density at radius 3 is 2.81 bits per heavy atom. The van der Waals surface area contributed by atoms with Gasteiger partial charge in [0.15, 0.2) is 0 Å². The SMILES string of the molecule is F.N[C@@H](Cc1c[nH]c2ccccc12)C(=O)O. The van der Waals surface area contributed by atoms with Gasteiger partial charge in [0.2, 0.25) is 0 Å². The fourth-order valence-electron chi connectivity index (χ4n) is 1.62. The van der Waals surface area contributed by atoms with E-state index in [1.54, 1.807) is 0 Å². The largest absolute Gasteiger partial charge is 0.480 e. The van der Waals surface area contributed by atoms with Crippen LogP contribution in [0.3, 0.4) is 0 Å². The summed E-state index contributed by atoms with van der Waals surface area (Å²) in [5, 5.41) is 9.75.